The highest BCUT2D eigenvalue weighted by Crippen LogP contribution is 2.64. The molecule has 2 fully saturated rings. The highest BCUT2D eigenvalue weighted by molar-refractivity contribution is 5.83. The molecule has 0 unspecified atom stereocenters. The molecule has 3 nitrogen and oxygen atoms in total. The molecule has 1 aromatic rings. The number of pyridine rings is 1. The summed E-state index contributed by atoms with van der Waals surface area (Å²) >= 11 is 0. The first-order valence-electron chi connectivity index (χ1n) is 6.23. The Balaban J connectivity index is 1.91. The van der Waals surface area contributed by atoms with Crippen molar-refractivity contribution in [2.75, 3.05) is 0 Å². The van der Waals surface area contributed by atoms with Crippen molar-refractivity contribution in [2.24, 2.45) is 5.41 Å². The summed E-state index contributed by atoms with van der Waals surface area (Å²) in [6.45, 7) is 1.92. The molecule has 2 aliphatic carbocycles. The molecule has 0 saturated heterocycles. The fourth-order valence-electron chi connectivity index (χ4n) is 3.49. The number of nitrogens with zero attached hydrogens (tertiary/aromatic N) is 1. The fourth-order valence-corrected chi connectivity index (χ4v) is 3.49. The largest absolute Gasteiger partial charge is 0.481 e. The minimum atomic E-state index is -0.680. The molecule has 90 valence electrons. The lowest BCUT2D eigenvalue weighted by Crippen LogP contribution is -2.57. The molecule has 0 atom stereocenters. The lowest BCUT2D eigenvalue weighted by Gasteiger charge is -2.59. The SMILES string of the molecule is Cc1ccc(C2(C(=O)O)CC3(CCC3)C2)cn1. The average Bonchev–Trinajstić information content (AvgIpc) is 2.16. The van der Waals surface area contributed by atoms with Crippen molar-refractivity contribution in [1.82, 2.24) is 4.98 Å². The van der Waals surface area contributed by atoms with Crippen molar-refractivity contribution in [2.45, 2.75) is 44.4 Å². The smallest absolute Gasteiger partial charge is 0.314 e. The van der Waals surface area contributed by atoms with Gasteiger partial charge < -0.3 is 5.11 Å². The molecule has 1 N–H and O–H groups in total. The van der Waals surface area contributed by atoms with Gasteiger partial charge in [-0.25, -0.2) is 0 Å². The number of hydrogen-bond donors (Lipinski definition) is 1. The maximum absolute atomic E-state index is 11.6. The topological polar surface area (TPSA) is 50.2 Å². The van der Waals surface area contributed by atoms with Gasteiger partial charge in [-0.15, -0.1) is 0 Å². The number of aliphatic carboxylic acids is 1. The van der Waals surface area contributed by atoms with E-state index in [9.17, 15) is 9.90 Å². The van der Waals surface area contributed by atoms with E-state index in [0.29, 0.717) is 5.41 Å². The zero-order valence-electron chi connectivity index (χ0n) is 10.1. The first-order chi connectivity index (χ1) is 8.06. The van der Waals surface area contributed by atoms with E-state index in [1.54, 1.807) is 6.20 Å². The van der Waals surface area contributed by atoms with Gasteiger partial charge in [0.2, 0.25) is 0 Å². The summed E-state index contributed by atoms with van der Waals surface area (Å²) < 4.78 is 0. The number of aromatic nitrogens is 1. The molecule has 17 heavy (non-hydrogen) atoms. The predicted octanol–water partition coefficient (Wildman–Crippen LogP) is 2.68. The minimum Gasteiger partial charge on any atom is -0.481 e. The number of carbonyl (C=O) groups is 1. The van der Waals surface area contributed by atoms with Crippen LogP contribution in [0.15, 0.2) is 18.3 Å². The second-order valence-electron chi connectivity index (χ2n) is 5.78. The van der Waals surface area contributed by atoms with Gasteiger partial charge >= 0.3 is 5.97 Å². The van der Waals surface area contributed by atoms with E-state index in [2.05, 4.69) is 4.98 Å². The fraction of sp³-hybridized carbons (Fsp3) is 0.571. The van der Waals surface area contributed by atoms with Gasteiger partial charge in [0, 0.05) is 11.9 Å². The first-order valence-corrected chi connectivity index (χ1v) is 6.23. The summed E-state index contributed by atoms with van der Waals surface area (Å²) in [7, 11) is 0. The number of hydrogen-bond acceptors (Lipinski definition) is 2. The number of carboxylic acid groups (broad SMARTS) is 1. The van der Waals surface area contributed by atoms with Crippen LogP contribution >= 0.6 is 0 Å². The van der Waals surface area contributed by atoms with Crippen molar-refractivity contribution < 1.29 is 9.90 Å². The van der Waals surface area contributed by atoms with E-state index >= 15 is 0 Å². The van der Waals surface area contributed by atoms with Gasteiger partial charge in [0.25, 0.3) is 0 Å². The molecule has 3 rings (SSSR count). The van der Waals surface area contributed by atoms with Crippen LogP contribution in [0.25, 0.3) is 0 Å². The summed E-state index contributed by atoms with van der Waals surface area (Å²) in [6.07, 6.45) is 7.04. The van der Waals surface area contributed by atoms with E-state index in [-0.39, 0.29) is 0 Å². The minimum absolute atomic E-state index is 0.350. The molecule has 2 aliphatic rings. The maximum Gasteiger partial charge on any atom is 0.314 e. The molecule has 0 amide bonds. The van der Waals surface area contributed by atoms with E-state index in [1.165, 1.54) is 19.3 Å². The van der Waals surface area contributed by atoms with Gasteiger partial charge in [0.1, 0.15) is 0 Å². The molecule has 0 aliphatic heterocycles. The second kappa shape index (κ2) is 3.31. The second-order valence-corrected chi connectivity index (χ2v) is 5.78. The lowest BCUT2D eigenvalue weighted by atomic mass is 9.44. The van der Waals surface area contributed by atoms with Gasteiger partial charge in [0.05, 0.1) is 5.41 Å². The number of rotatable bonds is 2. The Morgan fingerprint density at radius 1 is 1.35 bits per heavy atom. The Morgan fingerprint density at radius 2 is 2.06 bits per heavy atom. The highest BCUT2D eigenvalue weighted by atomic mass is 16.4. The third-order valence-electron chi connectivity index (χ3n) is 4.64. The summed E-state index contributed by atoms with van der Waals surface area (Å²) in [5, 5.41) is 9.53. The van der Waals surface area contributed by atoms with Crippen LogP contribution in [0.5, 0.6) is 0 Å². The van der Waals surface area contributed by atoms with Crippen LogP contribution < -0.4 is 0 Å². The van der Waals surface area contributed by atoms with Gasteiger partial charge in [-0.05, 0) is 49.7 Å². The van der Waals surface area contributed by atoms with Crippen molar-refractivity contribution in [3.63, 3.8) is 0 Å². The van der Waals surface area contributed by atoms with Crippen molar-refractivity contribution in [3.8, 4) is 0 Å². The van der Waals surface area contributed by atoms with Gasteiger partial charge in [0.15, 0.2) is 0 Å². The molecular weight excluding hydrogens is 214 g/mol. The Morgan fingerprint density at radius 3 is 2.47 bits per heavy atom. The third-order valence-corrected chi connectivity index (χ3v) is 4.64. The summed E-state index contributed by atoms with van der Waals surface area (Å²) in [6, 6.07) is 3.84. The van der Waals surface area contributed by atoms with E-state index < -0.39 is 11.4 Å². The van der Waals surface area contributed by atoms with Crippen LogP contribution in [-0.2, 0) is 10.2 Å². The zero-order valence-corrected chi connectivity index (χ0v) is 10.1. The Kier molecular flexibility index (Phi) is 2.09. The summed E-state index contributed by atoms with van der Waals surface area (Å²) in [5.41, 5.74) is 1.52. The van der Waals surface area contributed by atoms with Gasteiger partial charge in [-0.3, -0.25) is 9.78 Å². The van der Waals surface area contributed by atoms with Crippen LogP contribution in [-0.4, -0.2) is 16.1 Å². The quantitative estimate of drug-likeness (QED) is 0.851. The first kappa shape index (κ1) is 10.8. The molecule has 1 heterocycles. The van der Waals surface area contributed by atoms with Crippen molar-refractivity contribution in [3.05, 3.63) is 29.6 Å². The van der Waals surface area contributed by atoms with Crippen LogP contribution in [0.4, 0.5) is 0 Å². The average molecular weight is 231 g/mol. The Hall–Kier alpha value is -1.38. The summed E-state index contributed by atoms with van der Waals surface area (Å²) in [5.74, 6) is -0.680. The molecule has 0 aromatic carbocycles. The molecule has 1 aromatic heterocycles. The summed E-state index contributed by atoms with van der Waals surface area (Å²) in [4.78, 5) is 15.8. The van der Waals surface area contributed by atoms with Crippen molar-refractivity contribution >= 4 is 5.97 Å². The normalized spacial score (nSPS) is 23.8. The van der Waals surface area contributed by atoms with E-state index in [0.717, 1.165) is 24.1 Å². The number of carboxylic acids is 1. The van der Waals surface area contributed by atoms with Crippen LogP contribution in [0.2, 0.25) is 0 Å². The molecule has 0 bridgehead atoms. The molecule has 1 spiro atoms. The monoisotopic (exact) mass is 231 g/mol. The number of aryl methyl sites for hydroxylation is 1. The zero-order chi connectivity index (χ0) is 12.1. The van der Waals surface area contributed by atoms with Gasteiger partial charge in [-0.1, -0.05) is 12.5 Å². The molecule has 3 heteroatoms. The maximum atomic E-state index is 11.6. The van der Waals surface area contributed by atoms with Crippen LogP contribution in [0.1, 0.15) is 43.4 Å². The molecular formula is C14H17NO2. The Bertz CT molecular complexity index is 452. The van der Waals surface area contributed by atoms with E-state index in [4.69, 9.17) is 0 Å². The predicted molar refractivity (Wildman–Crippen MR) is 63.8 cm³/mol. The van der Waals surface area contributed by atoms with Gasteiger partial charge in [-0.2, -0.15) is 0 Å². The van der Waals surface area contributed by atoms with Crippen LogP contribution in [0, 0.1) is 12.3 Å². The van der Waals surface area contributed by atoms with E-state index in [1.807, 2.05) is 19.1 Å². The third kappa shape index (κ3) is 1.41. The standard InChI is InChI=1S/C14H17NO2/c1-10-3-4-11(7-15-10)14(12(16)17)8-13(9-14)5-2-6-13/h3-4,7H,2,5-6,8-9H2,1H3,(H,16,17). The highest BCUT2D eigenvalue weighted by Gasteiger charge is 2.61. The van der Waals surface area contributed by atoms with Crippen LogP contribution in [0.3, 0.4) is 0 Å². The lowest BCUT2D eigenvalue weighted by molar-refractivity contribution is -0.160. The molecule has 0 radical (unpaired) electrons. The Labute approximate surface area is 101 Å². The van der Waals surface area contributed by atoms with Crippen molar-refractivity contribution in [1.29, 1.82) is 0 Å². The molecule has 2 saturated carbocycles.